The molecule has 0 bridgehead atoms. The molecular formula is C17H18F3N3OS. The van der Waals surface area contributed by atoms with Crippen LogP contribution in [0.2, 0.25) is 0 Å². The van der Waals surface area contributed by atoms with Crippen LogP contribution in [-0.4, -0.2) is 16.9 Å². The van der Waals surface area contributed by atoms with Crippen molar-refractivity contribution in [2.75, 3.05) is 5.32 Å². The molecule has 4 nitrogen and oxygen atoms in total. The van der Waals surface area contributed by atoms with E-state index in [-0.39, 0.29) is 28.7 Å². The number of carbonyl (C=O) groups is 1. The Kier molecular flexibility index (Phi) is 5.10. The molecule has 1 aromatic carbocycles. The lowest BCUT2D eigenvalue weighted by Crippen LogP contribution is -2.28. The van der Waals surface area contributed by atoms with E-state index < -0.39 is 23.0 Å². The van der Waals surface area contributed by atoms with Gasteiger partial charge < -0.3 is 11.1 Å². The number of amides is 1. The van der Waals surface area contributed by atoms with Gasteiger partial charge in [-0.25, -0.2) is 18.2 Å². The van der Waals surface area contributed by atoms with Gasteiger partial charge in [0.15, 0.2) is 5.13 Å². The number of rotatable bonds is 4. The van der Waals surface area contributed by atoms with Crippen LogP contribution >= 0.6 is 11.3 Å². The molecule has 1 saturated carbocycles. The highest BCUT2D eigenvalue weighted by atomic mass is 32.1. The number of anilines is 1. The molecule has 1 aromatic heterocycles. The Hall–Kier alpha value is -1.93. The van der Waals surface area contributed by atoms with Crippen LogP contribution in [0.25, 0.3) is 11.3 Å². The van der Waals surface area contributed by atoms with E-state index in [9.17, 15) is 18.0 Å². The molecule has 0 aliphatic heterocycles. The molecule has 1 aliphatic carbocycles. The largest absolute Gasteiger partial charge is 0.327 e. The normalized spacial score (nSPS) is 20.0. The van der Waals surface area contributed by atoms with Gasteiger partial charge >= 0.3 is 0 Å². The smallest absolute Gasteiger partial charge is 0.226 e. The fourth-order valence-electron chi connectivity index (χ4n) is 3.18. The molecule has 134 valence electrons. The summed E-state index contributed by atoms with van der Waals surface area (Å²) in [5.41, 5.74) is 5.63. The standard InChI is InChI=1S/C17H18F3N3OS/c1-8-16(15-11(19)6-10(18)7-12(15)20)23-17(25-8)22-14(24)5-9-3-2-4-13(9)21/h6-7,9,13H,2-5,21H2,1H3,(H,22,23,24)/t9-,13+/m0/s1. The zero-order chi connectivity index (χ0) is 18.1. The van der Waals surface area contributed by atoms with Crippen LogP contribution in [0.5, 0.6) is 0 Å². The zero-order valence-corrected chi connectivity index (χ0v) is 14.4. The third-order valence-electron chi connectivity index (χ3n) is 4.45. The first-order valence-electron chi connectivity index (χ1n) is 8.03. The van der Waals surface area contributed by atoms with E-state index >= 15 is 0 Å². The molecule has 1 heterocycles. The van der Waals surface area contributed by atoms with Gasteiger partial charge in [-0.15, -0.1) is 11.3 Å². The highest BCUT2D eigenvalue weighted by molar-refractivity contribution is 7.16. The molecule has 1 aliphatic rings. The van der Waals surface area contributed by atoms with E-state index in [1.807, 2.05) is 0 Å². The van der Waals surface area contributed by atoms with Crippen molar-refractivity contribution in [1.82, 2.24) is 4.98 Å². The maximum atomic E-state index is 13.9. The van der Waals surface area contributed by atoms with Crippen LogP contribution < -0.4 is 11.1 Å². The lowest BCUT2D eigenvalue weighted by molar-refractivity contribution is -0.117. The monoisotopic (exact) mass is 369 g/mol. The molecule has 25 heavy (non-hydrogen) atoms. The van der Waals surface area contributed by atoms with Gasteiger partial charge in [0, 0.05) is 29.5 Å². The molecule has 3 rings (SSSR count). The lowest BCUT2D eigenvalue weighted by Gasteiger charge is -2.13. The average Bonchev–Trinajstić information content (AvgIpc) is 3.05. The fourth-order valence-corrected chi connectivity index (χ4v) is 4.01. The van der Waals surface area contributed by atoms with Crippen LogP contribution in [0.15, 0.2) is 12.1 Å². The highest BCUT2D eigenvalue weighted by Gasteiger charge is 2.27. The number of nitrogens with one attached hydrogen (secondary N) is 1. The third-order valence-corrected chi connectivity index (χ3v) is 5.34. The van der Waals surface area contributed by atoms with E-state index in [1.54, 1.807) is 6.92 Å². The number of aryl methyl sites for hydroxylation is 1. The van der Waals surface area contributed by atoms with Crippen molar-refractivity contribution in [3.8, 4) is 11.3 Å². The van der Waals surface area contributed by atoms with Crippen molar-refractivity contribution in [3.05, 3.63) is 34.5 Å². The van der Waals surface area contributed by atoms with Crippen LogP contribution in [0.4, 0.5) is 18.3 Å². The third kappa shape index (κ3) is 3.85. The predicted octanol–water partition coefficient (Wildman–Crippen LogP) is 3.99. The molecule has 0 radical (unpaired) electrons. The van der Waals surface area contributed by atoms with Crippen LogP contribution in [-0.2, 0) is 4.79 Å². The quantitative estimate of drug-likeness (QED) is 0.856. The van der Waals surface area contributed by atoms with Crippen LogP contribution in [0, 0.1) is 30.3 Å². The number of nitrogens with two attached hydrogens (primary N) is 1. The Bertz CT molecular complexity index is 785. The summed E-state index contributed by atoms with van der Waals surface area (Å²) in [4.78, 5) is 16.8. The van der Waals surface area contributed by atoms with E-state index in [4.69, 9.17) is 5.73 Å². The molecule has 8 heteroatoms. The second-order valence-corrected chi connectivity index (χ2v) is 7.48. The van der Waals surface area contributed by atoms with Gasteiger partial charge in [0.2, 0.25) is 5.91 Å². The van der Waals surface area contributed by atoms with Gasteiger partial charge in [-0.1, -0.05) is 6.42 Å². The van der Waals surface area contributed by atoms with Crippen molar-refractivity contribution >= 4 is 22.4 Å². The van der Waals surface area contributed by atoms with Crippen LogP contribution in [0.1, 0.15) is 30.6 Å². The lowest BCUT2D eigenvalue weighted by atomic mass is 10.00. The summed E-state index contributed by atoms with van der Waals surface area (Å²) in [6, 6.07) is 1.25. The minimum Gasteiger partial charge on any atom is -0.327 e. The molecule has 2 aromatic rings. The number of thiazole rings is 1. The van der Waals surface area contributed by atoms with Gasteiger partial charge in [-0.3, -0.25) is 4.79 Å². The SMILES string of the molecule is Cc1sc(NC(=O)C[C@@H]2CCC[C@H]2N)nc1-c1c(F)cc(F)cc1F. The first-order valence-corrected chi connectivity index (χ1v) is 8.84. The first-order chi connectivity index (χ1) is 11.8. The first kappa shape index (κ1) is 17.9. The van der Waals surface area contributed by atoms with Crippen molar-refractivity contribution in [3.63, 3.8) is 0 Å². The van der Waals surface area contributed by atoms with E-state index in [1.165, 1.54) is 0 Å². The molecule has 0 unspecified atom stereocenters. The summed E-state index contributed by atoms with van der Waals surface area (Å²) in [7, 11) is 0. The summed E-state index contributed by atoms with van der Waals surface area (Å²) >= 11 is 1.12. The maximum Gasteiger partial charge on any atom is 0.226 e. The van der Waals surface area contributed by atoms with E-state index in [0.29, 0.717) is 23.4 Å². The van der Waals surface area contributed by atoms with Gasteiger partial charge in [-0.05, 0) is 25.7 Å². The van der Waals surface area contributed by atoms with Crippen molar-refractivity contribution in [2.45, 2.75) is 38.6 Å². The zero-order valence-electron chi connectivity index (χ0n) is 13.6. The minimum absolute atomic E-state index is 0.0294. The number of hydrogen-bond acceptors (Lipinski definition) is 4. The molecule has 1 amide bonds. The summed E-state index contributed by atoms with van der Waals surface area (Å²) in [6.07, 6.45) is 3.15. The summed E-state index contributed by atoms with van der Waals surface area (Å²) in [6.45, 7) is 1.64. The molecule has 3 N–H and O–H groups in total. The number of carbonyl (C=O) groups excluding carboxylic acids is 1. The van der Waals surface area contributed by atoms with Gasteiger partial charge in [0.1, 0.15) is 17.5 Å². The number of hydrogen-bond donors (Lipinski definition) is 2. The molecule has 0 saturated heterocycles. The number of benzene rings is 1. The van der Waals surface area contributed by atoms with Crippen molar-refractivity contribution < 1.29 is 18.0 Å². The number of halogens is 3. The molecule has 2 atom stereocenters. The molecule has 1 fully saturated rings. The van der Waals surface area contributed by atoms with E-state index in [0.717, 1.165) is 30.6 Å². The Morgan fingerprint density at radius 1 is 1.32 bits per heavy atom. The van der Waals surface area contributed by atoms with Gasteiger partial charge in [0.05, 0.1) is 11.3 Å². The fraction of sp³-hybridized carbons (Fsp3) is 0.412. The molecule has 0 spiro atoms. The topological polar surface area (TPSA) is 68.0 Å². The Labute approximate surface area is 147 Å². The minimum atomic E-state index is -1.03. The summed E-state index contributed by atoms with van der Waals surface area (Å²) in [5.74, 6) is -3.12. The Balaban J connectivity index is 1.78. The van der Waals surface area contributed by atoms with Gasteiger partial charge in [-0.2, -0.15) is 0 Å². The second kappa shape index (κ2) is 7.13. The second-order valence-electron chi connectivity index (χ2n) is 6.28. The molecular weight excluding hydrogens is 351 g/mol. The number of nitrogens with zero attached hydrogens (tertiary/aromatic N) is 1. The van der Waals surface area contributed by atoms with E-state index in [2.05, 4.69) is 10.3 Å². The number of aromatic nitrogens is 1. The average molecular weight is 369 g/mol. The summed E-state index contributed by atoms with van der Waals surface area (Å²) in [5, 5.41) is 2.92. The van der Waals surface area contributed by atoms with Crippen molar-refractivity contribution in [1.29, 1.82) is 0 Å². The highest BCUT2D eigenvalue weighted by Crippen LogP contribution is 2.34. The van der Waals surface area contributed by atoms with Gasteiger partial charge in [0.25, 0.3) is 0 Å². The maximum absolute atomic E-state index is 13.9. The Morgan fingerprint density at radius 2 is 2.00 bits per heavy atom. The van der Waals surface area contributed by atoms with Crippen LogP contribution in [0.3, 0.4) is 0 Å². The predicted molar refractivity (Wildman–Crippen MR) is 90.7 cm³/mol. The van der Waals surface area contributed by atoms with Crippen molar-refractivity contribution in [2.24, 2.45) is 11.7 Å². The Morgan fingerprint density at radius 3 is 2.60 bits per heavy atom. The summed E-state index contributed by atoms with van der Waals surface area (Å²) < 4.78 is 41.0.